The summed E-state index contributed by atoms with van der Waals surface area (Å²) >= 11 is 0. The highest BCUT2D eigenvalue weighted by Gasteiger charge is 2.19. The highest BCUT2D eigenvalue weighted by molar-refractivity contribution is 6.13. The number of pyridine rings is 1. The molecule has 0 aliphatic heterocycles. The van der Waals surface area contributed by atoms with Crippen molar-refractivity contribution in [3.05, 3.63) is 79.0 Å². The van der Waals surface area contributed by atoms with Crippen LogP contribution >= 0.6 is 0 Å². The van der Waals surface area contributed by atoms with E-state index in [1.54, 1.807) is 0 Å². The maximum atomic E-state index is 5.10. The van der Waals surface area contributed by atoms with Gasteiger partial charge in [0.1, 0.15) is 17.2 Å². The van der Waals surface area contributed by atoms with E-state index in [0.29, 0.717) is 6.04 Å². The van der Waals surface area contributed by atoms with Gasteiger partial charge in [0.2, 0.25) is 0 Å². The molecule has 3 heteroatoms. The Morgan fingerprint density at radius 2 is 1.55 bits per heavy atom. The van der Waals surface area contributed by atoms with E-state index < -0.39 is 0 Å². The summed E-state index contributed by atoms with van der Waals surface area (Å²) in [7, 11) is 0. The number of imidazole rings is 1. The number of benzene rings is 3. The molecule has 3 aromatic carbocycles. The van der Waals surface area contributed by atoms with Crippen molar-refractivity contribution in [1.82, 2.24) is 9.38 Å². The number of fused-ring (bicyclic) bond motifs is 3. The molecule has 0 amide bonds. The second-order valence-electron chi connectivity index (χ2n) is 7.77. The predicted molar refractivity (Wildman–Crippen MR) is 124 cm³/mol. The predicted octanol–water partition coefficient (Wildman–Crippen LogP) is 6.91. The van der Waals surface area contributed by atoms with Gasteiger partial charge in [-0.2, -0.15) is 0 Å². The lowest BCUT2D eigenvalue weighted by atomic mass is 9.94. The maximum Gasteiger partial charge on any atom is 0.139 e. The van der Waals surface area contributed by atoms with Gasteiger partial charge < -0.3 is 5.32 Å². The quantitative estimate of drug-likeness (QED) is 0.336. The van der Waals surface area contributed by atoms with Crippen LogP contribution in [0.5, 0.6) is 0 Å². The van der Waals surface area contributed by atoms with E-state index in [1.807, 2.05) is 6.07 Å². The van der Waals surface area contributed by atoms with Crippen LogP contribution in [0.1, 0.15) is 26.7 Å². The van der Waals surface area contributed by atoms with E-state index in [0.717, 1.165) is 30.0 Å². The molecule has 0 fully saturated rings. The van der Waals surface area contributed by atoms with Crippen LogP contribution < -0.4 is 5.32 Å². The molecule has 5 aromatic rings. The number of nitrogens with one attached hydrogen (secondary N) is 1. The molecular formula is C26H25N3. The van der Waals surface area contributed by atoms with Crippen LogP contribution in [0.15, 0.2) is 79.0 Å². The standard InChI is InChI=1S/C26H25N3/c1-3-10-18(2)27-26-25(28-23-15-8-9-16-29(23)26)24-21-13-6-4-11-19(21)17-20-12-5-7-14-22(20)24/h4-9,11-18,27H,3,10H2,1-2H3. The zero-order chi connectivity index (χ0) is 19.8. The van der Waals surface area contributed by atoms with Gasteiger partial charge in [0.05, 0.1) is 0 Å². The molecule has 1 atom stereocenters. The van der Waals surface area contributed by atoms with Crippen molar-refractivity contribution >= 4 is 33.0 Å². The van der Waals surface area contributed by atoms with Gasteiger partial charge >= 0.3 is 0 Å². The van der Waals surface area contributed by atoms with E-state index in [1.165, 1.54) is 27.1 Å². The van der Waals surface area contributed by atoms with Crippen molar-refractivity contribution in [2.75, 3.05) is 5.32 Å². The topological polar surface area (TPSA) is 29.3 Å². The molecule has 2 heterocycles. The Hall–Kier alpha value is -3.33. The molecule has 0 saturated carbocycles. The summed E-state index contributed by atoms with van der Waals surface area (Å²) in [6, 6.07) is 26.1. The van der Waals surface area contributed by atoms with Gasteiger partial charge in [-0.1, -0.05) is 67.9 Å². The summed E-state index contributed by atoms with van der Waals surface area (Å²) in [5.41, 5.74) is 3.19. The first-order valence-electron chi connectivity index (χ1n) is 10.4. The lowest BCUT2D eigenvalue weighted by molar-refractivity contribution is 0.687. The molecular weight excluding hydrogens is 354 g/mol. The van der Waals surface area contributed by atoms with Crippen molar-refractivity contribution < 1.29 is 0 Å². The molecule has 5 rings (SSSR count). The van der Waals surface area contributed by atoms with Crippen LogP contribution in [0.4, 0.5) is 5.82 Å². The zero-order valence-corrected chi connectivity index (χ0v) is 16.9. The van der Waals surface area contributed by atoms with Crippen molar-refractivity contribution in [3.63, 3.8) is 0 Å². The van der Waals surface area contributed by atoms with Crippen molar-refractivity contribution in [3.8, 4) is 11.3 Å². The minimum atomic E-state index is 0.375. The number of nitrogens with zero attached hydrogens (tertiary/aromatic N) is 2. The average molecular weight is 380 g/mol. The van der Waals surface area contributed by atoms with Crippen LogP contribution in [0.2, 0.25) is 0 Å². The monoisotopic (exact) mass is 379 g/mol. The minimum absolute atomic E-state index is 0.375. The molecule has 1 N–H and O–H groups in total. The first-order chi connectivity index (χ1) is 14.3. The SMILES string of the molecule is CCCC(C)Nc1c(-c2c3ccccc3cc3ccccc23)nc2ccccn12. The summed E-state index contributed by atoms with van der Waals surface area (Å²) in [5.74, 6) is 1.07. The smallest absolute Gasteiger partial charge is 0.139 e. The number of hydrogen-bond acceptors (Lipinski definition) is 2. The van der Waals surface area contributed by atoms with Crippen molar-refractivity contribution in [2.24, 2.45) is 0 Å². The summed E-state index contributed by atoms with van der Waals surface area (Å²) < 4.78 is 2.18. The Bertz CT molecular complexity index is 1260. The van der Waals surface area contributed by atoms with Crippen LogP contribution in [-0.2, 0) is 0 Å². The van der Waals surface area contributed by atoms with Crippen LogP contribution in [0, 0.1) is 0 Å². The Morgan fingerprint density at radius 1 is 0.897 bits per heavy atom. The lowest BCUT2D eigenvalue weighted by Gasteiger charge is -2.17. The van der Waals surface area contributed by atoms with Gasteiger partial charge in [-0.05, 0) is 53.1 Å². The summed E-state index contributed by atoms with van der Waals surface area (Å²) in [5, 5.41) is 8.72. The Morgan fingerprint density at radius 3 is 2.24 bits per heavy atom. The molecule has 0 bridgehead atoms. The summed E-state index contributed by atoms with van der Waals surface area (Å²) in [4.78, 5) is 5.10. The van der Waals surface area contributed by atoms with Crippen molar-refractivity contribution in [2.45, 2.75) is 32.7 Å². The third-order valence-corrected chi connectivity index (χ3v) is 5.64. The molecule has 1 unspecified atom stereocenters. The van der Waals surface area contributed by atoms with Crippen molar-refractivity contribution in [1.29, 1.82) is 0 Å². The number of aromatic nitrogens is 2. The molecule has 29 heavy (non-hydrogen) atoms. The van der Waals surface area contributed by atoms with Crippen LogP contribution in [0.25, 0.3) is 38.4 Å². The Kier molecular flexibility index (Phi) is 4.44. The second kappa shape index (κ2) is 7.25. The molecule has 0 radical (unpaired) electrons. The fourth-order valence-electron chi connectivity index (χ4n) is 4.32. The highest BCUT2D eigenvalue weighted by atomic mass is 15.1. The fourth-order valence-corrected chi connectivity index (χ4v) is 4.32. The van der Waals surface area contributed by atoms with E-state index >= 15 is 0 Å². The van der Waals surface area contributed by atoms with Gasteiger partial charge in [-0.25, -0.2) is 4.98 Å². The van der Waals surface area contributed by atoms with Crippen LogP contribution in [-0.4, -0.2) is 15.4 Å². The number of anilines is 1. The van der Waals surface area contributed by atoms with Gasteiger partial charge in [-0.15, -0.1) is 0 Å². The van der Waals surface area contributed by atoms with E-state index in [-0.39, 0.29) is 0 Å². The van der Waals surface area contributed by atoms with Gasteiger partial charge in [-0.3, -0.25) is 4.40 Å². The van der Waals surface area contributed by atoms with E-state index in [4.69, 9.17) is 4.98 Å². The fraction of sp³-hybridized carbons (Fsp3) is 0.192. The Balaban J connectivity index is 1.87. The Labute approximate surface area is 171 Å². The number of rotatable bonds is 5. The largest absolute Gasteiger partial charge is 0.367 e. The molecule has 0 aliphatic rings. The minimum Gasteiger partial charge on any atom is -0.367 e. The first kappa shape index (κ1) is 17.7. The van der Waals surface area contributed by atoms with E-state index in [2.05, 4.69) is 96.5 Å². The third kappa shape index (κ3) is 3.03. The number of hydrogen-bond donors (Lipinski definition) is 1. The first-order valence-corrected chi connectivity index (χ1v) is 10.4. The lowest BCUT2D eigenvalue weighted by Crippen LogP contribution is -2.16. The molecule has 0 aliphatic carbocycles. The molecule has 0 saturated heterocycles. The molecule has 0 spiro atoms. The summed E-state index contributed by atoms with van der Waals surface area (Å²) in [6.07, 6.45) is 4.37. The summed E-state index contributed by atoms with van der Waals surface area (Å²) in [6.45, 7) is 4.47. The third-order valence-electron chi connectivity index (χ3n) is 5.64. The molecule has 144 valence electrons. The molecule has 3 nitrogen and oxygen atoms in total. The maximum absolute atomic E-state index is 5.10. The highest BCUT2D eigenvalue weighted by Crippen LogP contribution is 2.39. The molecule has 2 aromatic heterocycles. The van der Waals surface area contributed by atoms with Crippen LogP contribution in [0.3, 0.4) is 0 Å². The van der Waals surface area contributed by atoms with E-state index in [9.17, 15) is 0 Å². The van der Waals surface area contributed by atoms with Gasteiger partial charge in [0.25, 0.3) is 0 Å². The van der Waals surface area contributed by atoms with Gasteiger partial charge in [0, 0.05) is 17.8 Å². The average Bonchev–Trinajstić information content (AvgIpc) is 3.10. The normalized spacial score (nSPS) is 12.6. The second-order valence-corrected chi connectivity index (χ2v) is 7.77. The van der Waals surface area contributed by atoms with Gasteiger partial charge in [0.15, 0.2) is 0 Å². The zero-order valence-electron chi connectivity index (χ0n) is 16.9.